The molecule has 0 radical (unpaired) electrons. The highest BCUT2D eigenvalue weighted by molar-refractivity contribution is 5.16. The number of hydrogen-bond acceptors (Lipinski definition) is 3. The van der Waals surface area contributed by atoms with E-state index in [1.54, 1.807) is 6.20 Å². The number of nitrogens with zero attached hydrogens (tertiary/aromatic N) is 2. The van der Waals surface area contributed by atoms with Crippen molar-refractivity contribution in [2.24, 2.45) is 0 Å². The molecule has 1 aromatic carbocycles. The van der Waals surface area contributed by atoms with Gasteiger partial charge in [0.05, 0.1) is 6.26 Å². The number of imidazole rings is 1. The Morgan fingerprint density at radius 3 is 2.84 bits per heavy atom. The van der Waals surface area contributed by atoms with Crippen LogP contribution in [0.15, 0.2) is 55.6 Å². The average Bonchev–Trinajstić information content (AvgIpc) is 2.88. The van der Waals surface area contributed by atoms with E-state index in [1.165, 1.54) is 11.8 Å². The first-order valence-corrected chi connectivity index (χ1v) is 6.28. The third-order valence-corrected chi connectivity index (χ3v) is 2.69. The van der Waals surface area contributed by atoms with Gasteiger partial charge < -0.3 is 14.0 Å². The minimum atomic E-state index is -0.513. The number of aromatic nitrogens is 2. The lowest BCUT2D eigenvalue weighted by molar-refractivity contribution is -0.112. The molecule has 0 aliphatic rings. The zero-order valence-electron chi connectivity index (χ0n) is 11.0. The highest BCUT2D eigenvalue weighted by Crippen LogP contribution is 2.18. The second-order valence-corrected chi connectivity index (χ2v) is 3.99. The first-order valence-electron chi connectivity index (χ1n) is 6.28. The molecule has 0 aliphatic heterocycles. The lowest BCUT2D eigenvalue weighted by Crippen LogP contribution is -2.14. The average molecular weight is 258 g/mol. The Hall–Kier alpha value is -2.07. The van der Waals surface area contributed by atoms with Gasteiger partial charge in [-0.1, -0.05) is 36.9 Å². The van der Waals surface area contributed by atoms with Crippen molar-refractivity contribution in [1.29, 1.82) is 0 Å². The van der Waals surface area contributed by atoms with E-state index in [0.29, 0.717) is 6.61 Å². The molecule has 0 saturated carbocycles. The molecule has 1 aromatic heterocycles. The summed E-state index contributed by atoms with van der Waals surface area (Å²) in [5.41, 5.74) is 1.20. The number of rotatable bonds is 7. The molecule has 2 aromatic rings. The first-order chi connectivity index (χ1) is 9.35. The molecule has 1 unspecified atom stereocenters. The van der Waals surface area contributed by atoms with Crippen LogP contribution in [0.3, 0.4) is 0 Å². The van der Waals surface area contributed by atoms with Gasteiger partial charge in [-0.25, -0.2) is 4.98 Å². The number of ether oxygens (including phenoxy) is 2. The van der Waals surface area contributed by atoms with Crippen molar-refractivity contribution in [1.82, 2.24) is 9.55 Å². The zero-order chi connectivity index (χ0) is 13.5. The topological polar surface area (TPSA) is 36.3 Å². The quantitative estimate of drug-likeness (QED) is 0.565. The van der Waals surface area contributed by atoms with Crippen LogP contribution >= 0.6 is 0 Å². The van der Waals surface area contributed by atoms with Crippen molar-refractivity contribution in [3.8, 4) is 0 Å². The fraction of sp³-hybridized carbons (Fsp3) is 0.267. The van der Waals surface area contributed by atoms with Gasteiger partial charge in [-0.2, -0.15) is 0 Å². The molecule has 0 saturated heterocycles. The number of hydrogen-bond donors (Lipinski definition) is 0. The van der Waals surface area contributed by atoms with Crippen LogP contribution in [0.2, 0.25) is 0 Å². The molecule has 0 aliphatic carbocycles. The first kappa shape index (κ1) is 13.4. The molecule has 1 heterocycles. The van der Waals surface area contributed by atoms with Gasteiger partial charge in [-0.05, 0) is 12.5 Å². The second kappa shape index (κ2) is 6.75. The van der Waals surface area contributed by atoms with Gasteiger partial charge in [0.2, 0.25) is 0 Å². The van der Waals surface area contributed by atoms with Crippen LogP contribution in [0.25, 0.3) is 0 Å². The zero-order valence-corrected chi connectivity index (χ0v) is 11.0. The smallest absolute Gasteiger partial charge is 0.258 e. The van der Waals surface area contributed by atoms with Gasteiger partial charge in [0.25, 0.3) is 6.29 Å². The second-order valence-electron chi connectivity index (χ2n) is 3.99. The molecule has 1 atom stereocenters. The van der Waals surface area contributed by atoms with Gasteiger partial charge in [-0.3, -0.25) is 0 Å². The summed E-state index contributed by atoms with van der Waals surface area (Å²) < 4.78 is 12.9. The predicted octanol–water partition coefficient (Wildman–Crippen LogP) is 3.13. The van der Waals surface area contributed by atoms with Crippen LogP contribution in [0.4, 0.5) is 0 Å². The van der Waals surface area contributed by atoms with Crippen molar-refractivity contribution in [2.75, 3.05) is 6.61 Å². The molecule has 2 rings (SSSR count). The largest absolute Gasteiger partial charge is 0.465 e. The van der Waals surface area contributed by atoms with Crippen LogP contribution in [-0.2, 0) is 16.0 Å². The lowest BCUT2D eigenvalue weighted by Gasteiger charge is -2.17. The van der Waals surface area contributed by atoms with Gasteiger partial charge in [0.15, 0.2) is 5.82 Å². The molecule has 19 heavy (non-hydrogen) atoms. The van der Waals surface area contributed by atoms with E-state index in [1.807, 2.05) is 35.9 Å². The van der Waals surface area contributed by atoms with E-state index in [9.17, 15) is 0 Å². The number of benzene rings is 1. The SMILES string of the molecule is C=COC(OCC)c1nccn1Cc1ccccc1. The highest BCUT2D eigenvalue weighted by Gasteiger charge is 2.17. The minimum absolute atomic E-state index is 0.513. The van der Waals surface area contributed by atoms with Crippen LogP contribution < -0.4 is 0 Å². The van der Waals surface area contributed by atoms with E-state index in [4.69, 9.17) is 9.47 Å². The molecule has 4 nitrogen and oxygen atoms in total. The maximum Gasteiger partial charge on any atom is 0.258 e. The van der Waals surface area contributed by atoms with Crippen molar-refractivity contribution < 1.29 is 9.47 Å². The molecule has 4 heteroatoms. The van der Waals surface area contributed by atoms with Crippen LogP contribution in [0, 0.1) is 0 Å². The maximum atomic E-state index is 5.53. The highest BCUT2D eigenvalue weighted by atomic mass is 16.7. The summed E-state index contributed by atoms with van der Waals surface area (Å²) in [6.45, 7) is 6.78. The van der Waals surface area contributed by atoms with Crippen molar-refractivity contribution in [3.05, 3.63) is 67.0 Å². The van der Waals surface area contributed by atoms with Crippen LogP contribution in [0.5, 0.6) is 0 Å². The van der Waals surface area contributed by atoms with E-state index in [2.05, 4.69) is 23.7 Å². The Kier molecular flexibility index (Phi) is 4.75. The molecule has 0 N–H and O–H groups in total. The van der Waals surface area contributed by atoms with Crippen LogP contribution in [0.1, 0.15) is 24.6 Å². The Morgan fingerprint density at radius 2 is 2.16 bits per heavy atom. The third kappa shape index (κ3) is 3.45. The van der Waals surface area contributed by atoms with Gasteiger partial charge in [-0.15, -0.1) is 0 Å². The summed E-state index contributed by atoms with van der Waals surface area (Å²) in [5.74, 6) is 0.741. The molecule has 0 fully saturated rings. The van der Waals surface area contributed by atoms with E-state index < -0.39 is 6.29 Å². The minimum Gasteiger partial charge on any atom is -0.465 e. The summed E-state index contributed by atoms with van der Waals surface area (Å²) in [6.07, 6.45) is 4.53. The van der Waals surface area contributed by atoms with Gasteiger partial charge in [0.1, 0.15) is 0 Å². The fourth-order valence-electron chi connectivity index (χ4n) is 1.86. The molecule has 0 spiro atoms. The Morgan fingerprint density at radius 1 is 1.37 bits per heavy atom. The van der Waals surface area contributed by atoms with Crippen molar-refractivity contribution in [3.63, 3.8) is 0 Å². The normalized spacial score (nSPS) is 12.1. The summed E-state index contributed by atoms with van der Waals surface area (Å²) in [6, 6.07) is 10.2. The standard InChI is InChI=1S/C15H18N2O2/c1-3-18-15(19-4-2)14-16-10-11-17(14)12-13-8-6-5-7-9-13/h3,5-11,15H,1,4,12H2,2H3. The van der Waals surface area contributed by atoms with E-state index in [-0.39, 0.29) is 0 Å². The summed E-state index contributed by atoms with van der Waals surface area (Å²) in [7, 11) is 0. The fourth-order valence-corrected chi connectivity index (χ4v) is 1.86. The van der Waals surface area contributed by atoms with Crippen LogP contribution in [-0.4, -0.2) is 16.2 Å². The molecule has 0 amide bonds. The maximum absolute atomic E-state index is 5.53. The predicted molar refractivity (Wildman–Crippen MR) is 73.4 cm³/mol. The molecule has 100 valence electrons. The molecular formula is C15H18N2O2. The lowest BCUT2D eigenvalue weighted by atomic mass is 10.2. The van der Waals surface area contributed by atoms with Crippen molar-refractivity contribution >= 4 is 0 Å². The Balaban J connectivity index is 2.18. The summed E-state index contributed by atoms with van der Waals surface area (Å²) >= 11 is 0. The van der Waals surface area contributed by atoms with Gasteiger partial charge >= 0.3 is 0 Å². The molecular weight excluding hydrogens is 240 g/mol. The Bertz CT molecular complexity index is 508. The Labute approximate surface area is 113 Å². The monoisotopic (exact) mass is 258 g/mol. The molecule has 0 bridgehead atoms. The van der Waals surface area contributed by atoms with Gasteiger partial charge in [0, 0.05) is 25.5 Å². The van der Waals surface area contributed by atoms with E-state index in [0.717, 1.165) is 12.4 Å². The van der Waals surface area contributed by atoms with Crippen molar-refractivity contribution in [2.45, 2.75) is 19.8 Å². The summed E-state index contributed by atoms with van der Waals surface area (Å²) in [4.78, 5) is 4.32. The summed E-state index contributed by atoms with van der Waals surface area (Å²) in [5, 5.41) is 0. The van der Waals surface area contributed by atoms with E-state index >= 15 is 0 Å². The third-order valence-electron chi connectivity index (χ3n) is 2.69.